The average molecular weight is 372 g/mol. The highest BCUT2D eigenvalue weighted by Gasteiger charge is 2.40. The van der Waals surface area contributed by atoms with E-state index in [9.17, 15) is 13.2 Å². The number of rotatable bonds is 4. The molecule has 2 aliphatic heterocycles. The van der Waals surface area contributed by atoms with Crippen molar-refractivity contribution in [3.05, 3.63) is 17.0 Å². The number of carbonyl (C=O) groups is 1. The van der Waals surface area contributed by atoms with E-state index >= 15 is 0 Å². The Morgan fingerprint density at radius 3 is 2.79 bits per heavy atom. The van der Waals surface area contributed by atoms with Crippen molar-refractivity contribution in [2.45, 2.75) is 61.9 Å². The third kappa shape index (κ3) is 3.51. The molecule has 0 spiro atoms. The standard InChI is InChI=1S/C16H25N3O3S2/c1-11-7-8-15(23-11)24(21,22)19-10-4-6-14(19)16(20)18-13-5-3-9-17-12(13)2/h7-8,12-14,17H,3-6,9-10H2,1-2H3,(H,18,20). The molecule has 0 bridgehead atoms. The first-order valence-electron chi connectivity index (χ1n) is 8.51. The number of thiophene rings is 1. The van der Waals surface area contributed by atoms with Gasteiger partial charge in [0.1, 0.15) is 10.3 Å². The number of hydrogen-bond donors (Lipinski definition) is 2. The average Bonchev–Trinajstić information content (AvgIpc) is 3.18. The van der Waals surface area contributed by atoms with Crippen LogP contribution in [0.5, 0.6) is 0 Å². The van der Waals surface area contributed by atoms with E-state index in [1.54, 1.807) is 12.1 Å². The maximum absolute atomic E-state index is 12.9. The highest BCUT2D eigenvalue weighted by Crippen LogP contribution is 2.30. The van der Waals surface area contributed by atoms with Crippen LogP contribution in [-0.2, 0) is 14.8 Å². The Morgan fingerprint density at radius 2 is 2.12 bits per heavy atom. The summed E-state index contributed by atoms with van der Waals surface area (Å²) in [4.78, 5) is 13.7. The Balaban J connectivity index is 1.74. The fraction of sp³-hybridized carbons (Fsp3) is 0.688. The van der Waals surface area contributed by atoms with E-state index in [0.717, 1.165) is 30.7 Å². The van der Waals surface area contributed by atoms with Crippen LogP contribution in [0.1, 0.15) is 37.5 Å². The summed E-state index contributed by atoms with van der Waals surface area (Å²) in [7, 11) is -3.59. The van der Waals surface area contributed by atoms with E-state index in [1.165, 1.54) is 15.6 Å². The number of hydrogen-bond acceptors (Lipinski definition) is 5. The molecule has 6 nitrogen and oxygen atoms in total. The number of carbonyl (C=O) groups excluding carboxylic acids is 1. The van der Waals surface area contributed by atoms with Gasteiger partial charge >= 0.3 is 0 Å². The van der Waals surface area contributed by atoms with Crippen molar-refractivity contribution < 1.29 is 13.2 Å². The molecule has 3 rings (SSSR count). The molecule has 3 unspecified atom stereocenters. The zero-order valence-corrected chi connectivity index (χ0v) is 15.8. The van der Waals surface area contributed by atoms with E-state index < -0.39 is 16.1 Å². The van der Waals surface area contributed by atoms with E-state index in [4.69, 9.17) is 0 Å². The fourth-order valence-corrected chi connectivity index (χ4v) is 6.55. The van der Waals surface area contributed by atoms with Crippen LogP contribution < -0.4 is 10.6 Å². The first kappa shape index (κ1) is 17.8. The zero-order valence-electron chi connectivity index (χ0n) is 14.1. The molecule has 3 atom stereocenters. The van der Waals surface area contributed by atoms with Crippen LogP contribution in [0.25, 0.3) is 0 Å². The smallest absolute Gasteiger partial charge is 0.253 e. The lowest BCUT2D eigenvalue weighted by Crippen LogP contribution is -2.56. The Morgan fingerprint density at radius 1 is 1.33 bits per heavy atom. The van der Waals surface area contributed by atoms with Crippen LogP contribution in [0.4, 0.5) is 0 Å². The summed E-state index contributed by atoms with van der Waals surface area (Å²) in [6, 6.07) is 3.13. The molecule has 0 radical (unpaired) electrons. The molecular weight excluding hydrogens is 346 g/mol. The van der Waals surface area contributed by atoms with Gasteiger partial charge in [-0.25, -0.2) is 8.42 Å². The zero-order chi connectivity index (χ0) is 17.3. The van der Waals surface area contributed by atoms with Gasteiger partial charge in [0.05, 0.1) is 0 Å². The lowest BCUT2D eigenvalue weighted by atomic mass is 9.99. The highest BCUT2D eigenvalue weighted by atomic mass is 32.2. The Hall–Kier alpha value is -0.960. The molecule has 3 heterocycles. The quantitative estimate of drug-likeness (QED) is 0.840. The second-order valence-corrected chi connectivity index (χ2v) is 10.0. The Labute approximate surface area is 147 Å². The first-order chi connectivity index (χ1) is 11.4. The first-order valence-corrected chi connectivity index (χ1v) is 10.8. The normalized spacial score (nSPS) is 28.8. The summed E-state index contributed by atoms with van der Waals surface area (Å²) in [6.45, 7) is 5.32. The molecule has 2 fully saturated rings. The number of nitrogens with one attached hydrogen (secondary N) is 2. The number of amides is 1. The third-order valence-electron chi connectivity index (χ3n) is 4.87. The van der Waals surface area contributed by atoms with Crippen LogP contribution in [0.15, 0.2) is 16.3 Å². The molecule has 1 aromatic heterocycles. The van der Waals surface area contributed by atoms with Crippen molar-refractivity contribution in [2.75, 3.05) is 13.1 Å². The van der Waals surface area contributed by atoms with E-state index in [2.05, 4.69) is 17.6 Å². The molecule has 1 aromatic rings. The van der Waals surface area contributed by atoms with Crippen molar-refractivity contribution in [3.63, 3.8) is 0 Å². The van der Waals surface area contributed by atoms with Gasteiger partial charge in [0, 0.05) is 23.5 Å². The van der Waals surface area contributed by atoms with Crippen molar-refractivity contribution in [2.24, 2.45) is 0 Å². The summed E-state index contributed by atoms with van der Waals surface area (Å²) >= 11 is 1.26. The van der Waals surface area contributed by atoms with Crippen molar-refractivity contribution >= 4 is 27.3 Å². The number of nitrogens with zero attached hydrogens (tertiary/aromatic N) is 1. The van der Waals surface area contributed by atoms with E-state index in [1.807, 2.05) is 6.92 Å². The molecule has 0 aliphatic carbocycles. The maximum atomic E-state index is 12.9. The lowest BCUT2D eigenvalue weighted by molar-refractivity contribution is -0.125. The molecule has 2 saturated heterocycles. The van der Waals surface area contributed by atoms with Gasteiger partial charge in [-0.15, -0.1) is 11.3 Å². The van der Waals surface area contributed by atoms with Gasteiger partial charge in [0.15, 0.2) is 0 Å². The van der Waals surface area contributed by atoms with Gasteiger partial charge in [-0.2, -0.15) is 4.31 Å². The largest absolute Gasteiger partial charge is 0.350 e. The predicted molar refractivity (Wildman–Crippen MR) is 94.6 cm³/mol. The van der Waals surface area contributed by atoms with Crippen LogP contribution >= 0.6 is 11.3 Å². The second kappa shape index (κ2) is 7.11. The molecule has 2 N–H and O–H groups in total. The number of aryl methyl sites for hydroxylation is 1. The summed E-state index contributed by atoms with van der Waals surface area (Å²) in [5.41, 5.74) is 0. The predicted octanol–water partition coefficient (Wildman–Crippen LogP) is 1.47. The molecule has 1 amide bonds. The van der Waals surface area contributed by atoms with Crippen molar-refractivity contribution in [1.82, 2.24) is 14.9 Å². The fourth-order valence-electron chi connectivity index (χ4n) is 3.48. The third-order valence-corrected chi connectivity index (χ3v) is 8.25. The minimum Gasteiger partial charge on any atom is -0.350 e. The van der Waals surface area contributed by atoms with Crippen molar-refractivity contribution in [3.8, 4) is 0 Å². The van der Waals surface area contributed by atoms with Crippen LogP contribution in [-0.4, -0.2) is 49.8 Å². The maximum Gasteiger partial charge on any atom is 0.253 e. The summed E-state index contributed by atoms with van der Waals surface area (Å²) in [6.07, 6.45) is 3.27. The molecule has 134 valence electrons. The molecular formula is C16H25N3O3S2. The molecule has 0 aromatic carbocycles. The SMILES string of the molecule is Cc1ccc(S(=O)(=O)N2CCCC2C(=O)NC2CCCNC2C)s1. The van der Waals surface area contributed by atoms with E-state index in [0.29, 0.717) is 17.2 Å². The number of piperidine rings is 1. The Bertz CT molecular complexity index is 701. The number of sulfonamides is 1. The van der Waals surface area contributed by atoms with E-state index in [-0.39, 0.29) is 18.0 Å². The highest BCUT2D eigenvalue weighted by molar-refractivity contribution is 7.91. The van der Waals surface area contributed by atoms with Gasteiger partial charge in [-0.1, -0.05) is 0 Å². The molecule has 2 aliphatic rings. The van der Waals surface area contributed by atoms with Crippen LogP contribution in [0, 0.1) is 6.92 Å². The van der Waals surface area contributed by atoms with Crippen LogP contribution in [0.2, 0.25) is 0 Å². The Kier molecular flexibility index (Phi) is 5.29. The van der Waals surface area contributed by atoms with Gasteiger partial charge in [0.2, 0.25) is 5.91 Å². The minimum absolute atomic E-state index is 0.0698. The molecule has 24 heavy (non-hydrogen) atoms. The molecule has 8 heteroatoms. The van der Waals surface area contributed by atoms with Crippen LogP contribution in [0.3, 0.4) is 0 Å². The molecule has 0 saturated carbocycles. The van der Waals surface area contributed by atoms with Crippen molar-refractivity contribution in [1.29, 1.82) is 0 Å². The second-order valence-electron chi connectivity index (χ2n) is 6.64. The monoisotopic (exact) mass is 371 g/mol. The summed E-state index contributed by atoms with van der Waals surface area (Å²) in [5, 5.41) is 6.42. The van der Waals surface area contributed by atoms with Gasteiger partial charge in [0.25, 0.3) is 10.0 Å². The van der Waals surface area contributed by atoms with Gasteiger partial charge in [-0.3, -0.25) is 4.79 Å². The topological polar surface area (TPSA) is 78.5 Å². The lowest BCUT2D eigenvalue weighted by Gasteiger charge is -2.32. The van der Waals surface area contributed by atoms with Gasteiger partial charge < -0.3 is 10.6 Å². The summed E-state index contributed by atoms with van der Waals surface area (Å²) in [5.74, 6) is -0.162. The minimum atomic E-state index is -3.59. The summed E-state index contributed by atoms with van der Waals surface area (Å²) < 4.78 is 27.4. The van der Waals surface area contributed by atoms with Gasteiger partial charge in [-0.05, 0) is 58.2 Å².